The Morgan fingerprint density at radius 2 is 2.40 bits per heavy atom. The van der Waals surface area contributed by atoms with Gasteiger partial charge >= 0.3 is 0 Å². The van der Waals surface area contributed by atoms with E-state index in [4.69, 9.17) is 0 Å². The number of hydrogen-bond donors (Lipinski definition) is 1. The first-order valence-corrected chi connectivity index (χ1v) is 3.08. The highest BCUT2D eigenvalue weighted by Crippen LogP contribution is 2.09. The summed E-state index contributed by atoms with van der Waals surface area (Å²) >= 11 is 0. The van der Waals surface area contributed by atoms with E-state index in [9.17, 15) is 0 Å². The third kappa shape index (κ3) is 0.719. The molecule has 0 aromatic heterocycles. The lowest BCUT2D eigenvalue weighted by atomic mass is 10.4. The number of nitrogens with one attached hydrogen (secondary N) is 1. The molecule has 0 bridgehead atoms. The van der Waals surface area contributed by atoms with Crippen molar-refractivity contribution in [1.82, 2.24) is 10.2 Å². The molecule has 0 aliphatic carbocycles. The van der Waals surface area contributed by atoms with Gasteiger partial charge in [-0.1, -0.05) is 0 Å². The van der Waals surface area contributed by atoms with Crippen molar-refractivity contribution in [1.29, 1.82) is 0 Å². The van der Waals surface area contributed by atoms with Gasteiger partial charge in [-0.25, -0.2) is 0 Å². The molecule has 1 N–H and O–H groups in total. The summed E-state index contributed by atoms with van der Waals surface area (Å²) in [5, 5.41) is 2.97. The summed E-state index contributed by atoms with van der Waals surface area (Å²) in [5.41, 5.74) is 1.06. The second-order valence-electron chi connectivity index (χ2n) is 2.04. The van der Waals surface area contributed by atoms with Crippen molar-refractivity contribution in [2.75, 3.05) is 0 Å². The smallest absolute Gasteiger partial charge is 0.0796 e. The minimum absolute atomic E-state index is 1.06. The van der Waals surface area contributed by atoms with Crippen molar-refractivity contribution in [2.24, 2.45) is 4.99 Å². The summed E-state index contributed by atoms with van der Waals surface area (Å²) in [6.45, 7) is 0. The molecule has 0 aromatic carbocycles. The highest BCUT2D eigenvalue weighted by atomic mass is 15.2. The molecule has 0 spiro atoms. The Kier molecular flexibility index (Phi) is 1.07. The largest absolute Gasteiger partial charge is 0.365 e. The van der Waals surface area contributed by atoms with E-state index in [1.165, 1.54) is 0 Å². The molecule has 0 atom stereocenters. The fourth-order valence-electron chi connectivity index (χ4n) is 0.887. The van der Waals surface area contributed by atoms with Crippen molar-refractivity contribution in [3.05, 3.63) is 36.7 Å². The Hall–Kier alpha value is -1.51. The van der Waals surface area contributed by atoms with E-state index in [0.29, 0.717) is 0 Å². The molecule has 3 heteroatoms. The summed E-state index contributed by atoms with van der Waals surface area (Å²) in [6.07, 6.45) is 11.2. The van der Waals surface area contributed by atoms with Gasteiger partial charge < -0.3 is 10.2 Å². The van der Waals surface area contributed by atoms with Crippen LogP contribution in [0.25, 0.3) is 0 Å². The Bertz CT molecular complexity index is 248. The van der Waals surface area contributed by atoms with Crippen LogP contribution in [0, 0.1) is 0 Å². The zero-order chi connectivity index (χ0) is 6.81. The maximum atomic E-state index is 3.97. The van der Waals surface area contributed by atoms with Crippen LogP contribution in [0.1, 0.15) is 0 Å². The Morgan fingerprint density at radius 1 is 1.40 bits per heavy atom. The van der Waals surface area contributed by atoms with Gasteiger partial charge in [-0.15, -0.1) is 0 Å². The molecule has 3 nitrogen and oxygen atoms in total. The minimum Gasteiger partial charge on any atom is -0.365 e. The van der Waals surface area contributed by atoms with Gasteiger partial charge in [0.05, 0.1) is 11.9 Å². The van der Waals surface area contributed by atoms with Crippen molar-refractivity contribution in [3.8, 4) is 0 Å². The Balaban J connectivity index is 2.33. The molecular formula is C7H7N3. The van der Waals surface area contributed by atoms with Crippen LogP contribution in [0.4, 0.5) is 0 Å². The zero-order valence-corrected chi connectivity index (χ0v) is 5.36. The molecule has 0 radical (unpaired) electrons. The molecule has 2 rings (SSSR count). The van der Waals surface area contributed by atoms with Crippen molar-refractivity contribution < 1.29 is 0 Å². The average molecular weight is 133 g/mol. The topological polar surface area (TPSA) is 27.6 Å². The van der Waals surface area contributed by atoms with E-state index in [1.807, 2.05) is 29.7 Å². The molecule has 0 amide bonds. The summed E-state index contributed by atoms with van der Waals surface area (Å²) in [7, 11) is 0. The van der Waals surface area contributed by atoms with E-state index in [0.717, 1.165) is 5.70 Å². The summed E-state index contributed by atoms with van der Waals surface area (Å²) in [6, 6.07) is 0. The van der Waals surface area contributed by atoms with Gasteiger partial charge in [-0.2, -0.15) is 0 Å². The van der Waals surface area contributed by atoms with Crippen LogP contribution in [0.15, 0.2) is 41.7 Å². The van der Waals surface area contributed by atoms with E-state index in [1.54, 1.807) is 12.4 Å². The average Bonchev–Trinajstić information content (AvgIpc) is 2.05. The Morgan fingerprint density at radius 3 is 3.30 bits per heavy atom. The van der Waals surface area contributed by atoms with Crippen molar-refractivity contribution in [2.45, 2.75) is 0 Å². The zero-order valence-electron chi connectivity index (χ0n) is 5.36. The second kappa shape index (κ2) is 2.02. The number of nitrogens with zero attached hydrogens (tertiary/aromatic N) is 2. The third-order valence-electron chi connectivity index (χ3n) is 1.38. The van der Waals surface area contributed by atoms with E-state index in [2.05, 4.69) is 10.3 Å². The standard InChI is InChI=1S/C7H7N3/c1-3-10-4-2-9-6-7(10)5-8-1/h1-6,8H. The maximum absolute atomic E-state index is 3.97. The molecule has 0 saturated carbocycles. The predicted molar refractivity (Wildman–Crippen MR) is 39.8 cm³/mol. The molecule has 0 unspecified atom stereocenters. The predicted octanol–water partition coefficient (Wildman–Crippen LogP) is 0.760. The van der Waals surface area contributed by atoms with Crippen LogP contribution < -0.4 is 5.32 Å². The second-order valence-corrected chi connectivity index (χ2v) is 2.04. The van der Waals surface area contributed by atoms with E-state index in [-0.39, 0.29) is 0 Å². The van der Waals surface area contributed by atoms with Crippen molar-refractivity contribution in [3.63, 3.8) is 0 Å². The SMILES string of the molecule is C1=CN2C=CNC=C2C=N1. The number of fused-ring (bicyclic) bond motifs is 1. The molecule has 50 valence electrons. The van der Waals surface area contributed by atoms with Gasteiger partial charge in [0.25, 0.3) is 0 Å². The van der Waals surface area contributed by atoms with Gasteiger partial charge in [-0.05, 0) is 0 Å². The number of allylic oxidation sites excluding steroid dienone is 1. The van der Waals surface area contributed by atoms with Crippen LogP contribution in [-0.2, 0) is 0 Å². The number of aliphatic imine (C=N–C) groups is 1. The molecule has 2 heterocycles. The Labute approximate surface area is 59.1 Å². The highest BCUT2D eigenvalue weighted by molar-refractivity contribution is 5.80. The van der Waals surface area contributed by atoms with E-state index < -0.39 is 0 Å². The summed E-state index contributed by atoms with van der Waals surface area (Å²) < 4.78 is 0. The lowest BCUT2D eigenvalue weighted by Crippen LogP contribution is -2.19. The number of hydrogen-bond acceptors (Lipinski definition) is 3. The van der Waals surface area contributed by atoms with Crippen LogP contribution in [0.5, 0.6) is 0 Å². The molecule has 2 aliphatic heterocycles. The van der Waals surface area contributed by atoms with E-state index >= 15 is 0 Å². The highest BCUT2D eigenvalue weighted by Gasteiger charge is 2.05. The number of rotatable bonds is 0. The first-order chi connectivity index (χ1) is 4.97. The fraction of sp³-hybridized carbons (Fsp3) is 0. The molecule has 0 saturated heterocycles. The van der Waals surface area contributed by atoms with Gasteiger partial charge in [0.1, 0.15) is 0 Å². The lowest BCUT2D eigenvalue weighted by molar-refractivity contribution is 0.633. The van der Waals surface area contributed by atoms with Gasteiger partial charge in [0.15, 0.2) is 0 Å². The normalized spacial score (nSPS) is 20.0. The lowest BCUT2D eigenvalue weighted by Gasteiger charge is -2.20. The summed E-state index contributed by atoms with van der Waals surface area (Å²) in [4.78, 5) is 5.96. The molecule has 10 heavy (non-hydrogen) atoms. The fourth-order valence-corrected chi connectivity index (χ4v) is 0.887. The molecule has 0 aromatic rings. The third-order valence-corrected chi connectivity index (χ3v) is 1.38. The van der Waals surface area contributed by atoms with Crippen LogP contribution >= 0.6 is 0 Å². The monoisotopic (exact) mass is 133 g/mol. The maximum Gasteiger partial charge on any atom is 0.0796 e. The first kappa shape index (κ1) is 5.29. The van der Waals surface area contributed by atoms with Crippen LogP contribution in [-0.4, -0.2) is 11.1 Å². The van der Waals surface area contributed by atoms with Gasteiger partial charge in [-0.3, -0.25) is 4.99 Å². The molecule has 2 aliphatic rings. The molecule has 0 fully saturated rings. The van der Waals surface area contributed by atoms with Crippen LogP contribution in [0.3, 0.4) is 0 Å². The van der Waals surface area contributed by atoms with Crippen molar-refractivity contribution >= 4 is 6.21 Å². The molecular weight excluding hydrogens is 126 g/mol. The first-order valence-electron chi connectivity index (χ1n) is 3.08. The minimum atomic E-state index is 1.06. The van der Waals surface area contributed by atoms with Gasteiger partial charge in [0.2, 0.25) is 0 Å². The van der Waals surface area contributed by atoms with Gasteiger partial charge in [0, 0.05) is 31.0 Å². The quantitative estimate of drug-likeness (QED) is 0.528. The summed E-state index contributed by atoms with van der Waals surface area (Å²) in [5.74, 6) is 0. The van der Waals surface area contributed by atoms with Crippen LogP contribution in [0.2, 0.25) is 0 Å².